The summed E-state index contributed by atoms with van der Waals surface area (Å²) in [7, 11) is 0. The van der Waals surface area contributed by atoms with Crippen molar-refractivity contribution in [1.82, 2.24) is 9.97 Å². The molecule has 108 valence electrons. The van der Waals surface area contributed by atoms with E-state index in [0.717, 1.165) is 37.6 Å². The van der Waals surface area contributed by atoms with E-state index in [0.29, 0.717) is 17.9 Å². The topological polar surface area (TPSA) is 55.0 Å². The van der Waals surface area contributed by atoms with Crippen molar-refractivity contribution in [3.05, 3.63) is 17.6 Å². The molecule has 1 aromatic heterocycles. The zero-order valence-electron chi connectivity index (χ0n) is 11.8. The maximum Gasteiger partial charge on any atom is 0.134 e. The molecule has 0 aromatic carbocycles. The fourth-order valence-electron chi connectivity index (χ4n) is 3.06. The van der Waals surface area contributed by atoms with Crippen LogP contribution >= 0.6 is 11.8 Å². The molecule has 3 fully saturated rings. The molecule has 5 heteroatoms. The van der Waals surface area contributed by atoms with Gasteiger partial charge in [0.2, 0.25) is 0 Å². The second-order valence-electron chi connectivity index (χ2n) is 6.31. The minimum absolute atomic E-state index is 0.383. The molecule has 4 rings (SSSR count). The van der Waals surface area contributed by atoms with E-state index in [9.17, 15) is 0 Å². The van der Waals surface area contributed by atoms with E-state index in [-0.39, 0.29) is 0 Å². The summed E-state index contributed by atoms with van der Waals surface area (Å²) in [5, 5.41) is 0. The number of rotatable bonds is 3. The van der Waals surface area contributed by atoms with Gasteiger partial charge in [0.05, 0.1) is 0 Å². The van der Waals surface area contributed by atoms with Crippen LogP contribution in [0.1, 0.15) is 49.0 Å². The van der Waals surface area contributed by atoms with E-state index in [1.54, 1.807) is 0 Å². The van der Waals surface area contributed by atoms with Crippen LogP contribution in [0.15, 0.2) is 6.07 Å². The molecule has 0 amide bonds. The molecule has 1 aliphatic heterocycles. The third-order valence-corrected chi connectivity index (χ3v) is 5.56. The molecule has 0 radical (unpaired) electrons. The summed E-state index contributed by atoms with van der Waals surface area (Å²) in [6, 6.07) is 2.62. The molecule has 0 bridgehead atoms. The van der Waals surface area contributed by atoms with E-state index in [1.165, 1.54) is 30.0 Å². The van der Waals surface area contributed by atoms with Crippen molar-refractivity contribution in [3.63, 3.8) is 0 Å². The van der Waals surface area contributed by atoms with E-state index in [4.69, 9.17) is 15.7 Å². The summed E-state index contributed by atoms with van der Waals surface area (Å²) in [6.45, 7) is 2.24. The Morgan fingerprint density at radius 2 is 1.85 bits per heavy atom. The van der Waals surface area contributed by atoms with Crippen LogP contribution in [0.2, 0.25) is 0 Å². The number of thioether (sulfide) groups is 1. The van der Waals surface area contributed by atoms with Gasteiger partial charge in [-0.2, -0.15) is 11.8 Å². The second kappa shape index (κ2) is 5.19. The first-order chi connectivity index (χ1) is 9.79. The zero-order chi connectivity index (χ0) is 13.5. The first-order valence-electron chi connectivity index (χ1n) is 7.77. The molecule has 1 saturated heterocycles. The first kappa shape index (κ1) is 12.9. The third kappa shape index (κ3) is 2.53. The SMILES string of the molecule is NC1CC(c2cc(N3CCSCC3)nc(C3CC3)n2)C1. The van der Waals surface area contributed by atoms with Gasteiger partial charge in [-0.05, 0) is 25.7 Å². The Hall–Kier alpha value is -0.810. The minimum atomic E-state index is 0.383. The highest BCUT2D eigenvalue weighted by atomic mass is 32.2. The smallest absolute Gasteiger partial charge is 0.134 e. The maximum atomic E-state index is 5.94. The van der Waals surface area contributed by atoms with Gasteiger partial charge in [-0.15, -0.1) is 0 Å². The van der Waals surface area contributed by atoms with Gasteiger partial charge in [0.15, 0.2) is 0 Å². The highest BCUT2D eigenvalue weighted by Crippen LogP contribution is 2.41. The summed E-state index contributed by atoms with van der Waals surface area (Å²) in [5.74, 6) is 5.89. The Balaban J connectivity index is 1.62. The Bertz CT molecular complexity index is 491. The van der Waals surface area contributed by atoms with Crippen LogP contribution in [0.3, 0.4) is 0 Å². The monoisotopic (exact) mass is 290 g/mol. The molecule has 2 heterocycles. The lowest BCUT2D eigenvalue weighted by molar-refractivity contribution is 0.344. The average Bonchev–Trinajstić information content (AvgIpc) is 3.29. The lowest BCUT2D eigenvalue weighted by Gasteiger charge is -2.33. The van der Waals surface area contributed by atoms with Gasteiger partial charge >= 0.3 is 0 Å². The standard InChI is InChI=1S/C15H22N4S/c16-12-7-11(8-12)13-9-14(19-3-5-20-6-4-19)18-15(17-13)10-1-2-10/h9-12H,1-8,16H2. The van der Waals surface area contributed by atoms with Crippen LogP contribution < -0.4 is 10.6 Å². The molecule has 2 N–H and O–H groups in total. The molecule has 0 atom stereocenters. The van der Waals surface area contributed by atoms with Crippen LogP contribution in [0.5, 0.6) is 0 Å². The van der Waals surface area contributed by atoms with Crippen molar-refractivity contribution in [2.24, 2.45) is 5.73 Å². The quantitative estimate of drug-likeness (QED) is 0.924. The number of hydrogen-bond acceptors (Lipinski definition) is 5. The summed E-state index contributed by atoms with van der Waals surface area (Å²) < 4.78 is 0. The highest BCUT2D eigenvalue weighted by Gasteiger charge is 2.32. The van der Waals surface area contributed by atoms with Crippen molar-refractivity contribution >= 4 is 17.6 Å². The zero-order valence-corrected chi connectivity index (χ0v) is 12.6. The number of nitrogens with two attached hydrogens (primary N) is 1. The van der Waals surface area contributed by atoms with Crippen molar-refractivity contribution in [3.8, 4) is 0 Å². The van der Waals surface area contributed by atoms with Crippen LogP contribution in [-0.4, -0.2) is 40.6 Å². The Kier molecular flexibility index (Phi) is 3.34. The van der Waals surface area contributed by atoms with Crippen molar-refractivity contribution in [1.29, 1.82) is 0 Å². The molecule has 2 saturated carbocycles. The summed E-state index contributed by atoms with van der Waals surface area (Å²) in [4.78, 5) is 12.1. The van der Waals surface area contributed by atoms with Crippen molar-refractivity contribution in [2.45, 2.75) is 43.6 Å². The molecule has 20 heavy (non-hydrogen) atoms. The predicted molar refractivity (Wildman–Crippen MR) is 83.5 cm³/mol. The lowest BCUT2D eigenvalue weighted by atomic mass is 9.78. The van der Waals surface area contributed by atoms with Gasteiger partial charge in [-0.1, -0.05) is 0 Å². The number of hydrogen-bond donors (Lipinski definition) is 1. The molecule has 1 aromatic rings. The summed E-state index contributed by atoms with van der Waals surface area (Å²) >= 11 is 2.04. The normalized spacial score (nSPS) is 30.1. The van der Waals surface area contributed by atoms with Gasteiger partial charge in [0, 0.05) is 54.2 Å². The number of aromatic nitrogens is 2. The van der Waals surface area contributed by atoms with Crippen molar-refractivity contribution < 1.29 is 0 Å². The largest absolute Gasteiger partial charge is 0.355 e. The number of nitrogens with zero attached hydrogens (tertiary/aromatic N) is 3. The fraction of sp³-hybridized carbons (Fsp3) is 0.733. The second-order valence-corrected chi connectivity index (χ2v) is 7.54. The maximum absolute atomic E-state index is 5.94. The van der Waals surface area contributed by atoms with E-state index in [2.05, 4.69) is 11.0 Å². The Morgan fingerprint density at radius 1 is 1.10 bits per heavy atom. The van der Waals surface area contributed by atoms with Crippen LogP contribution in [0.25, 0.3) is 0 Å². The van der Waals surface area contributed by atoms with Crippen LogP contribution in [-0.2, 0) is 0 Å². The molecule has 0 unspecified atom stereocenters. The molecular weight excluding hydrogens is 268 g/mol. The third-order valence-electron chi connectivity index (χ3n) is 4.62. The van der Waals surface area contributed by atoms with E-state index in [1.807, 2.05) is 11.8 Å². The van der Waals surface area contributed by atoms with E-state index >= 15 is 0 Å². The molecule has 3 aliphatic rings. The van der Waals surface area contributed by atoms with Crippen molar-refractivity contribution in [2.75, 3.05) is 29.5 Å². The van der Waals surface area contributed by atoms with Crippen LogP contribution in [0, 0.1) is 0 Å². The van der Waals surface area contributed by atoms with E-state index < -0.39 is 0 Å². The fourth-order valence-corrected chi connectivity index (χ4v) is 3.97. The van der Waals surface area contributed by atoms with Gasteiger partial charge in [-0.25, -0.2) is 9.97 Å². The summed E-state index contributed by atoms with van der Waals surface area (Å²) in [6.07, 6.45) is 4.72. The van der Waals surface area contributed by atoms with Gasteiger partial charge in [-0.3, -0.25) is 0 Å². The number of anilines is 1. The molecule has 4 nitrogen and oxygen atoms in total. The van der Waals surface area contributed by atoms with Crippen LogP contribution in [0.4, 0.5) is 5.82 Å². The lowest BCUT2D eigenvalue weighted by Crippen LogP contribution is -2.36. The minimum Gasteiger partial charge on any atom is -0.355 e. The molecule has 0 spiro atoms. The van der Waals surface area contributed by atoms with Gasteiger partial charge in [0.25, 0.3) is 0 Å². The molecular formula is C15H22N4S. The Morgan fingerprint density at radius 3 is 2.50 bits per heavy atom. The Labute approximate surface area is 124 Å². The average molecular weight is 290 g/mol. The molecule has 2 aliphatic carbocycles. The predicted octanol–water partition coefficient (Wildman–Crippen LogP) is 2.11. The highest BCUT2D eigenvalue weighted by molar-refractivity contribution is 7.99. The van der Waals surface area contributed by atoms with Gasteiger partial charge in [0.1, 0.15) is 11.6 Å². The summed E-state index contributed by atoms with van der Waals surface area (Å²) in [5.41, 5.74) is 7.19. The first-order valence-corrected chi connectivity index (χ1v) is 8.92. The van der Waals surface area contributed by atoms with Gasteiger partial charge < -0.3 is 10.6 Å².